The van der Waals surface area contributed by atoms with Crippen molar-refractivity contribution in [3.63, 3.8) is 0 Å². The summed E-state index contributed by atoms with van der Waals surface area (Å²) in [5.41, 5.74) is 2.67. The van der Waals surface area contributed by atoms with Crippen molar-refractivity contribution in [3.05, 3.63) is 64.6 Å². The zero-order valence-electron chi connectivity index (χ0n) is 11.6. The molecule has 0 aliphatic rings. The van der Waals surface area contributed by atoms with Gasteiger partial charge in [0.25, 0.3) is 0 Å². The van der Waals surface area contributed by atoms with E-state index in [9.17, 15) is 4.80 Å². The number of hydrogen-bond donors (Lipinski definition) is 1. The van der Waals surface area contributed by atoms with Gasteiger partial charge in [-0.2, -0.15) is 0 Å². The van der Waals surface area contributed by atoms with E-state index in [0.29, 0.717) is 5.69 Å². The first kappa shape index (κ1) is 14.2. The van der Waals surface area contributed by atoms with E-state index in [-0.39, 0.29) is 0 Å². The molecule has 100 valence electrons. The fraction of sp³-hybridized carbons (Fsp3) is 0.125. The summed E-state index contributed by atoms with van der Waals surface area (Å²) < 4.78 is 0. The fourth-order valence-corrected chi connectivity index (χ4v) is 2.83. The Kier molecular flexibility index (Phi) is 4.13. The molecule has 0 unspecified atom stereocenters. The van der Waals surface area contributed by atoms with Gasteiger partial charge >= 0.3 is 5.69 Å². The Morgan fingerprint density at radius 3 is 1.75 bits per heavy atom. The molecule has 0 radical (unpaired) electrons. The molecule has 0 aromatic heterocycles. The first-order chi connectivity index (χ1) is 9.49. The monoisotopic (exact) mass is 281 g/mol. The molecule has 2 aromatic rings. The Labute approximate surface area is 120 Å². The van der Waals surface area contributed by atoms with Crippen LogP contribution >= 0.6 is 0 Å². The van der Waals surface area contributed by atoms with Crippen LogP contribution in [-0.2, 0) is 0 Å². The molecule has 0 amide bonds. The summed E-state index contributed by atoms with van der Waals surface area (Å²) in [5, 5.41) is 9.65. The molecule has 0 atom stereocenters. The van der Waals surface area contributed by atoms with Gasteiger partial charge in [0.1, 0.15) is 0 Å². The van der Waals surface area contributed by atoms with Crippen LogP contribution < -0.4 is 5.19 Å². The van der Waals surface area contributed by atoms with Gasteiger partial charge in [-0.1, -0.05) is 36.4 Å². The summed E-state index contributed by atoms with van der Waals surface area (Å²) in [6, 6.07) is 15.3. The van der Waals surface area contributed by atoms with Crippen molar-refractivity contribution in [1.29, 1.82) is 5.39 Å². The van der Waals surface area contributed by atoms with E-state index in [4.69, 9.17) is 5.39 Å². The van der Waals surface area contributed by atoms with Crippen molar-refractivity contribution in [1.82, 2.24) is 0 Å². The number of diazo groups is 1. The van der Waals surface area contributed by atoms with Crippen LogP contribution in [0.3, 0.4) is 0 Å². The predicted molar refractivity (Wildman–Crippen MR) is 85.9 cm³/mol. The highest BCUT2D eigenvalue weighted by molar-refractivity contribution is 6.83. The summed E-state index contributed by atoms with van der Waals surface area (Å²) in [7, 11) is -2.21. The lowest BCUT2D eigenvalue weighted by Gasteiger charge is -2.14. The first-order valence-electron chi connectivity index (χ1n) is 6.45. The second-order valence-electron chi connectivity index (χ2n) is 5.21. The SMILES string of the molecule is C[Si](C)(O)c1ccc(/C=C/c2ccc([N+]#N)cc2)cc1. The molecule has 0 saturated heterocycles. The third kappa shape index (κ3) is 3.64. The van der Waals surface area contributed by atoms with Gasteiger partial charge in [0.15, 0.2) is 4.98 Å². The van der Waals surface area contributed by atoms with Crippen LogP contribution in [0.1, 0.15) is 11.1 Å². The molecule has 4 heteroatoms. The van der Waals surface area contributed by atoms with Gasteiger partial charge in [-0.3, -0.25) is 0 Å². The molecule has 0 aliphatic carbocycles. The van der Waals surface area contributed by atoms with Crippen LogP contribution in [0, 0.1) is 5.39 Å². The Morgan fingerprint density at radius 2 is 1.35 bits per heavy atom. The van der Waals surface area contributed by atoms with Crippen molar-refractivity contribution in [2.24, 2.45) is 0 Å². The van der Waals surface area contributed by atoms with Crippen molar-refractivity contribution in [2.45, 2.75) is 13.1 Å². The average molecular weight is 281 g/mol. The summed E-state index contributed by atoms with van der Waals surface area (Å²) in [4.78, 5) is 13.1. The molecule has 0 heterocycles. The molecule has 2 aromatic carbocycles. The minimum absolute atomic E-state index is 0.543. The van der Waals surface area contributed by atoms with Gasteiger partial charge in [0.2, 0.25) is 13.7 Å². The molecule has 20 heavy (non-hydrogen) atoms. The van der Waals surface area contributed by atoms with E-state index in [1.807, 2.05) is 61.6 Å². The van der Waals surface area contributed by atoms with Gasteiger partial charge < -0.3 is 4.80 Å². The number of nitrogens with zero attached hydrogens (tertiary/aromatic N) is 2. The van der Waals surface area contributed by atoms with Crippen LogP contribution in [0.4, 0.5) is 5.69 Å². The molecule has 3 nitrogen and oxygen atoms in total. The lowest BCUT2D eigenvalue weighted by molar-refractivity contribution is 0.568. The number of hydrogen-bond acceptors (Lipinski definition) is 2. The van der Waals surface area contributed by atoms with E-state index in [1.54, 1.807) is 12.1 Å². The summed E-state index contributed by atoms with van der Waals surface area (Å²) >= 11 is 0. The van der Waals surface area contributed by atoms with Gasteiger partial charge in [0.05, 0.1) is 0 Å². The first-order valence-corrected chi connectivity index (χ1v) is 9.40. The molecular formula is C16H17N2OSi+. The van der Waals surface area contributed by atoms with Crippen LogP contribution in [0.15, 0.2) is 48.5 Å². The van der Waals surface area contributed by atoms with Gasteiger partial charge in [0, 0.05) is 12.1 Å². The number of rotatable bonds is 3. The Bertz CT molecular complexity index is 647. The van der Waals surface area contributed by atoms with E-state index in [0.717, 1.165) is 16.3 Å². The molecule has 2 rings (SSSR count). The Morgan fingerprint density at radius 1 is 0.900 bits per heavy atom. The maximum Gasteiger partial charge on any atom is 0.385 e. The highest BCUT2D eigenvalue weighted by Gasteiger charge is 2.19. The fourth-order valence-electron chi connectivity index (χ4n) is 1.85. The van der Waals surface area contributed by atoms with Crippen LogP contribution in [-0.4, -0.2) is 13.1 Å². The predicted octanol–water partition coefficient (Wildman–Crippen LogP) is 3.75. The zero-order valence-corrected chi connectivity index (χ0v) is 12.6. The van der Waals surface area contributed by atoms with Crippen LogP contribution in [0.5, 0.6) is 0 Å². The summed E-state index contributed by atoms with van der Waals surface area (Å²) in [5.74, 6) is 0. The van der Waals surface area contributed by atoms with Crippen LogP contribution in [0.2, 0.25) is 13.1 Å². The molecular weight excluding hydrogens is 264 g/mol. The third-order valence-corrected chi connectivity index (χ3v) is 4.84. The van der Waals surface area contributed by atoms with E-state index in [2.05, 4.69) is 4.98 Å². The van der Waals surface area contributed by atoms with Crippen molar-refractivity contribution >= 4 is 31.3 Å². The minimum Gasteiger partial charge on any atom is -0.428 e. The topological polar surface area (TPSA) is 48.4 Å². The Hall–Kier alpha value is -2.22. The maximum absolute atomic E-state index is 10.0. The van der Waals surface area contributed by atoms with E-state index < -0.39 is 8.32 Å². The molecule has 0 bridgehead atoms. The third-order valence-electron chi connectivity index (χ3n) is 3.09. The quantitative estimate of drug-likeness (QED) is 0.529. The highest BCUT2D eigenvalue weighted by atomic mass is 28.4. The normalized spacial score (nSPS) is 11.5. The standard InChI is InChI=1S/C16H17N2OSi/c1-20(2,19)16-11-7-14(8-12-16)4-3-13-5-9-15(18-17)10-6-13/h3-12,19H,1-2H3/q+1/b4-3+. The summed E-state index contributed by atoms with van der Waals surface area (Å²) in [6.07, 6.45) is 4.01. The molecule has 0 spiro atoms. The van der Waals surface area contributed by atoms with Crippen molar-refractivity contribution in [2.75, 3.05) is 0 Å². The van der Waals surface area contributed by atoms with E-state index >= 15 is 0 Å². The smallest absolute Gasteiger partial charge is 0.385 e. The average Bonchev–Trinajstić information content (AvgIpc) is 2.45. The highest BCUT2D eigenvalue weighted by Crippen LogP contribution is 2.14. The lowest BCUT2D eigenvalue weighted by Crippen LogP contribution is -2.41. The number of benzene rings is 2. The van der Waals surface area contributed by atoms with Crippen LogP contribution in [0.25, 0.3) is 17.1 Å². The maximum atomic E-state index is 10.0. The van der Waals surface area contributed by atoms with Crippen molar-refractivity contribution in [3.8, 4) is 0 Å². The lowest BCUT2D eigenvalue weighted by atomic mass is 10.1. The second-order valence-corrected chi connectivity index (χ2v) is 8.90. The molecule has 1 N–H and O–H groups in total. The van der Waals surface area contributed by atoms with Gasteiger partial charge in [-0.05, 0) is 41.5 Å². The Balaban J connectivity index is 2.13. The molecule has 0 fully saturated rings. The second kappa shape index (κ2) is 5.82. The molecule has 0 aliphatic heterocycles. The minimum atomic E-state index is -2.21. The summed E-state index contributed by atoms with van der Waals surface area (Å²) in [6.45, 7) is 3.82. The van der Waals surface area contributed by atoms with Gasteiger partial charge in [-0.25, -0.2) is 0 Å². The van der Waals surface area contributed by atoms with Crippen molar-refractivity contribution < 1.29 is 4.80 Å². The van der Waals surface area contributed by atoms with E-state index in [1.165, 1.54) is 0 Å². The zero-order chi connectivity index (χ0) is 14.6. The van der Waals surface area contributed by atoms with Gasteiger partial charge in [-0.15, -0.1) is 0 Å². The molecule has 0 saturated carbocycles. The largest absolute Gasteiger partial charge is 0.428 e.